The molecule has 1 heterocycles. The van der Waals surface area contributed by atoms with Crippen LogP contribution in [0.15, 0.2) is 42.5 Å². The van der Waals surface area contributed by atoms with E-state index in [2.05, 4.69) is 49.5 Å². The van der Waals surface area contributed by atoms with Gasteiger partial charge in [0, 0.05) is 19.3 Å². The van der Waals surface area contributed by atoms with Crippen molar-refractivity contribution in [2.75, 3.05) is 26.8 Å². The Bertz CT molecular complexity index is 784. The largest absolute Gasteiger partial charge is 0.385 e. The molecule has 1 N–H and O–H groups in total. The summed E-state index contributed by atoms with van der Waals surface area (Å²) in [6.07, 6.45) is 6.45. The number of piperidine rings is 1. The molecule has 1 aliphatic rings. The Morgan fingerprint density at radius 3 is 2.59 bits per heavy atom. The third kappa shape index (κ3) is 5.07. The van der Waals surface area contributed by atoms with Crippen molar-refractivity contribution < 1.29 is 9.13 Å². The van der Waals surface area contributed by atoms with Crippen LogP contribution in [0.1, 0.15) is 57.1 Å². The monoisotopic (exact) mass is 397 g/mol. The first-order valence-corrected chi connectivity index (χ1v) is 11.2. The fourth-order valence-electron chi connectivity index (χ4n) is 5.00. The van der Waals surface area contributed by atoms with Crippen molar-refractivity contribution in [3.63, 3.8) is 0 Å². The summed E-state index contributed by atoms with van der Waals surface area (Å²) >= 11 is 0. The van der Waals surface area contributed by atoms with Gasteiger partial charge in [0.25, 0.3) is 0 Å². The van der Waals surface area contributed by atoms with E-state index in [4.69, 9.17) is 4.74 Å². The Hall–Kier alpha value is -1.71. The van der Waals surface area contributed by atoms with Gasteiger partial charge in [0.15, 0.2) is 0 Å². The summed E-state index contributed by atoms with van der Waals surface area (Å²) in [7, 11) is 1.76. The highest BCUT2D eigenvalue weighted by Crippen LogP contribution is 2.46. The highest BCUT2D eigenvalue weighted by atomic mass is 19.1. The Morgan fingerprint density at radius 1 is 1.10 bits per heavy atom. The Balaban J connectivity index is 2.05. The molecule has 0 radical (unpaired) electrons. The van der Waals surface area contributed by atoms with Crippen molar-refractivity contribution >= 4 is 0 Å². The SMILES string of the molecule is CCc1cccc(-c2c(F)cccc2C(C)(CCCCOC)C2CCNCC2)c1. The lowest BCUT2D eigenvalue weighted by molar-refractivity contribution is 0.175. The van der Waals surface area contributed by atoms with E-state index in [0.29, 0.717) is 5.92 Å². The van der Waals surface area contributed by atoms with Crippen LogP contribution in [-0.2, 0) is 16.6 Å². The molecule has 1 atom stereocenters. The second-order valence-electron chi connectivity index (χ2n) is 8.61. The van der Waals surface area contributed by atoms with Gasteiger partial charge in [-0.15, -0.1) is 0 Å². The smallest absolute Gasteiger partial charge is 0.131 e. The summed E-state index contributed by atoms with van der Waals surface area (Å²) in [4.78, 5) is 0. The fourth-order valence-corrected chi connectivity index (χ4v) is 5.00. The molecule has 0 spiro atoms. The number of aryl methyl sites for hydroxylation is 1. The van der Waals surface area contributed by atoms with Gasteiger partial charge < -0.3 is 10.1 Å². The molecule has 2 nitrogen and oxygen atoms in total. The zero-order valence-electron chi connectivity index (χ0n) is 18.3. The summed E-state index contributed by atoms with van der Waals surface area (Å²) in [5.41, 5.74) is 4.19. The second kappa shape index (κ2) is 10.4. The topological polar surface area (TPSA) is 21.3 Å². The normalized spacial score (nSPS) is 17.2. The molecule has 0 aliphatic carbocycles. The molecule has 2 aromatic rings. The minimum Gasteiger partial charge on any atom is -0.385 e. The van der Waals surface area contributed by atoms with E-state index in [-0.39, 0.29) is 11.2 Å². The zero-order valence-corrected chi connectivity index (χ0v) is 18.3. The van der Waals surface area contributed by atoms with E-state index in [1.807, 2.05) is 6.07 Å². The number of hydrogen-bond acceptors (Lipinski definition) is 2. The average Bonchev–Trinajstić information content (AvgIpc) is 2.77. The summed E-state index contributed by atoms with van der Waals surface area (Å²) in [5.74, 6) is 0.453. The van der Waals surface area contributed by atoms with Gasteiger partial charge in [0.05, 0.1) is 0 Å². The van der Waals surface area contributed by atoms with Gasteiger partial charge in [-0.05, 0) is 79.3 Å². The van der Waals surface area contributed by atoms with Crippen LogP contribution < -0.4 is 5.32 Å². The Kier molecular flexibility index (Phi) is 7.85. The van der Waals surface area contributed by atoms with Crippen LogP contribution in [0, 0.1) is 11.7 Å². The fraction of sp³-hybridized carbons (Fsp3) is 0.538. The quantitative estimate of drug-likeness (QED) is 0.514. The van der Waals surface area contributed by atoms with Crippen molar-refractivity contribution in [3.05, 3.63) is 59.4 Å². The second-order valence-corrected chi connectivity index (χ2v) is 8.61. The predicted molar refractivity (Wildman–Crippen MR) is 120 cm³/mol. The molecule has 1 saturated heterocycles. The van der Waals surface area contributed by atoms with E-state index in [1.54, 1.807) is 13.2 Å². The molecule has 158 valence electrons. The number of nitrogens with one attached hydrogen (secondary N) is 1. The van der Waals surface area contributed by atoms with Crippen molar-refractivity contribution in [1.29, 1.82) is 0 Å². The van der Waals surface area contributed by atoms with Crippen LogP contribution in [0.2, 0.25) is 0 Å². The van der Waals surface area contributed by atoms with Crippen LogP contribution in [0.5, 0.6) is 0 Å². The molecule has 1 aliphatic heterocycles. The highest BCUT2D eigenvalue weighted by Gasteiger charge is 2.38. The molecule has 3 heteroatoms. The van der Waals surface area contributed by atoms with E-state index in [9.17, 15) is 0 Å². The average molecular weight is 398 g/mol. The number of hydrogen-bond donors (Lipinski definition) is 1. The number of ether oxygens (including phenoxy) is 1. The molecule has 0 amide bonds. The van der Waals surface area contributed by atoms with Crippen LogP contribution in [0.3, 0.4) is 0 Å². The number of benzene rings is 2. The maximum absolute atomic E-state index is 15.3. The van der Waals surface area contributed by atoms with E-state index < -0.39 is 0 Å². The molecule has 1 unspecified atom stereocenters. The summed E-state index contributed by atoms with van der Waals surface area (Å²) in [6, 6.07) is 14.1. The summed E-state index contributed by atoms with van der Waals surface area (Å²) in [5, 5.41) is 3.49. The lowest BCUT2D eigenvalue weighted by Crippen LogP contribution is -2.40. The molecular formula is C26H36FNO. The van der Waals surface area contributed by atoms with Gasteiger partial charge in [-0.25, -0.2) is 4.39 Å². The van der Waals surface area contributed by atoms with Gasteiger partial charge in [-0.3, -0.25) is 0 Å². The van der Waals surface area contributed by atoms with Crippen LogP contribution >= 0.6 is 0 Å². The third-order valence-electron chi connectivity index (χ3n) is 6.79. The summed E-state index contributed by atoms with van der Waals surface area (Å²) in [6.45, 7) is 7.41. The number of unbranched alkanes of at least 4 members (excludes halogenated alkanes) is 1. The van der Waals surface area contributed by atoms with Crippen molar-refractivity contribution in [2.45, 2.75) is 57.8 Å². The van der Waals surface area contributed by atoms with E-state index >= 15 is 4.39 Å². The first-order chi connectivity index (χ1) is 14.1. The predicted octanol–water partition coefficient (Wildman–Crippen LogP) is 6.13. The lowest BCUT2D eigenvalue weighted by atomic mass is 9.64. The van der Waals surface area contributed by atoms with Crippen LogP contribution in [-0.4, -0.2) is 26.8 Å². The van der Waals surface area contributed by atoms with Crippen molar-refractivity contribution in [2.24, 2.45) is 5.92 Å². The lowest BCUT2D eigenvalue weighted by Gasteiger charge is -2.42. The molecule has 29 heavy (non-hydrogen) atoms. The minimum absolute atomic E-state index is 0.0461. The number of halogens is 1. The highest BCUT2D eigenvalue weighted by molar-refractivity contribution is 5.70. The first-order valence-electron chi connectivity index (χ1n) is 11.2. The number of methoxy groups -OCH3 is 1. The van der Waals surface area contributed by atoms with E-state index in [0.717, 1.165) is 69.3 Å². The molecule has 3 rings (SSSR count). The first kappa shape index (κ1) is 22.0. The zero-order chi connectivity index (χ0) is 20.7. The molecular weight excluding hydrogens is 361 g/mol. The minimum atomic E-state index is -0.104. The summed E-state index contributed by atoms with van der Waals surface area (Å²) < 4.78 is 20.6. The van der Waals surface area contributed by atoms with E-state index in [1.165, 1.54) is 11.1 Å². The third-order valence-corrected chi connectivity index (χ3v) is 6.79. The number of rotatable bonds is 9. The van der Waals surface area contributed by atoms with Gasteiger partial charge in [-0.2, -0.15) is 0 Å². The van der Waals surface area contributed by atoms with Crippen LogP contribution in [0.4, 0.5) is 4.39 Å². The maximum atomic E-state index is 15.3. The Morgan fingerprint density at radius 2 is 1.86 bits per heavy atom. The molecule has 0 saturated carbocycles. The standard InChI is InChI=1S/C26H36FNO/c1-4-20-9-7-10-21(19-20)25-23(11-8-12-24(25)27)26(2,15-5-6-18-29-3)22-13-16-28-17-14-22/h7-12,19,22,28H,4-6,13-18H2,1-3H3. The van der Waals surface area contributed by atoms with Crippen molar-refractivity contribution in [3.8, 4) is 11.1 Å². The van der Waals surface area contributed by atoms with Gasteiger partial charge in [0.1, 0.15) is 5.82 Å². The van der Waals surface area contributed by atoms with Crippen molar-refractivity contribution in [1.82, 2.24) is 5.32 Å². The van der Waals surface area contributed by atoms with Crippen LogP contribution in [0.25, 0.3) is 11.1 Å². The van der Waals surface area contributed by atoms with Gasteiger partial charge in [-0.1, -0.05) is 56.7 Å². The Labute approximate surface area is 175 Å². The molecule has 0 bridgehead atoms. The van der Waals surface area contributed by atoms with Gasteiger partial charge >= 0.3 is 0 Å². The molecule has 0 aromatic heterocycles. The van der Waals surface area contributed by atoms with Gasteiger partial charge in [0.2, 0.25) is 0 Å². The molecule has 1 fully saturated rings. The maximum Gasteiger partial charge on any atom is 0.131 e. The molecule has 2 aromatic carbocycles.